The minimum Gasteiger partial charge on any atom is -0.352 e. The number of carbonyl (C=O) groups excluding carboxylic acids is 2. The number of hydrogen-bond donors (Lipinski definition) is 1. The van der Waals surface area contributed by atoms with Gasteiger partial charge in [-0.1, -0.05) is 53.0 Å². The fraction of sp³-hybridized carbons (Fsp3) is 0.500. The van der Waals surface area contributed by atoms with Gasteiger partial charge < -0.3 is 14.8 Å². The highest BCUT2D eigenvalue weighted by atomic mass is 32.1. The molecule has 4 heterocycles. The van der Waals surface area contributed by atoms with Crippen LogP contribution in [0.1, 0.15) is 76.0 Å². The standard InChI is InChI=1S/C24H30N4O2S.C2H6/c1-3-5-9-17(8-4-2)26-23(29)21-16-27-19-11-13-31-22(19)14-20(27)24(30)28(21)15-18-10-6-7-12-25-18;1-2/h6-7,10-14,17,21H,3-5,8-9,15-16H2,1-2H3,(H,26,29);1-2H3. The number of fused-ring (bicyclic) bond motifs is 3. The summed E-state index contributed by atoms with van der Waals surface area (Å²) in [5.74, 6) is -0.178. The first-order valence-corrected chi connectivity index (χ1v) is 13.1. The summed E-state index contributed by atoms with van der Waals surface area (Å²) in [5, 5.41) is 5.29. The van der Waals surface area contributed by atoms with Crippen LogP contribution in [0.2, 0.25) is 0 Å². The van der Waals surface area contributed by atoms with E-state index >= 15 is 0 Å². The molecule has 0 spiro atoms. The molecule has 4 rings (SSSR count). The molecule has 0 fully saturated rings. The predicted molar refractivity (Wildman–Crippen MR) is 135 cm³/mol. The predicted octanol–water partition coefficient (Wildman–Crippen LogP) is 5.62. The summed E-state index contributed by atoms with van der Waals surface area (Å²) in [7, 11) is 0. The molecule has 0 saturated heterocycles. The number of nitrogens with zero attached hydrogens (tertiary/aromatic N) is 3. The van der Waals surface area contributed by atoms with Crippen molar-refractivity contribution >= 4 is 33.4 Å². The topological polar surface area (TPSA) is 67.2 Å². The van der Waals surface area contributed by atoms with Crippen molar-refractivity contribution in [3.63, 3.8) is 0 Å². The Bertz CT molecular complexity index is 1040. The van der Waals surface area contributed by atoms with E-state index in [1.54, 1.807) is 22.4 Å². The number of nitrogens with one attached hydrogen (secondary N) is 1. The third kappa shape index (κ3) is 5.64. The molecule has 1 aliphatic rings. The van der Waals surface area contributed by atoms with Gasteiger partial charge in [-0.15, -0.1) is 11.3 Å². The lowest BCUT2D eigenvalue weighted by atomic mass is 10.0. The van der Waals surface area contributed by atoms with Crippen LogP contribution in [0.5, 0.6) is 0 Å². The van der Waals surface area contributed by atoms with Gasteiger partial charge in [0.25, 0.3) is 5.91 Å². The Hall–Kier alpha value is -2.67. The van der Waals surface area contributed by atoms with Crippen molar-refractivity contribution in [3.05, 3.63) is 53.3 Å². The Labute approximate surface area is 201 Å². The van der Waals surface area contributed by atoms with Crippen LogP contribution in [0.25, 0.3) is 10.2 Å². The van der Waals surface area contributed by atoms with Crippen molar-refractivity contribution in [2.24, 2.45) is 0 Å². The normalized spacial score (nSPS) is 16.2. The van der Waals surface area contributed by atoms with Gasteiger partial charge in [0.1, 0.15) is 11.7 Å². The van der Waals surface area contributed by atoms with Crippen molar-refractivity contribution in [2.45, 2.75) is 85.0 Å². The number of rotatable bonds is 9. The van der Waals surface area contributed by atoms with Gasteiger partial charge in [0.15, 0.2) is 0 Å². The van der Waals surface area contributed by atoms with Crippen molar-refractivity contribution in [2.75, 3.05) is 0 Å². The number of carbonyl (C=O) groups is 2. The van der Waals surface area contributed by atoms with E-state index in [-0.39, 0.29) is 17.9 Å². The maximum absolute atomic E-state index is 13.5. The second-order valence-corrected chi connectivity index (χ2v) is 9.16. The SMILES string of the molecule is CC.CCCCC(CCC)NC(=O)C1Cn2c(cc3sccc32)C(=O)N1Cc1ccccn1. The molecular formula is C26H36N4O2S. The molecule has 2 amide bonds. The maximum Gasteiger partial charge on any atom is 0.271 e. The first-order chi connectivity index (χ1) is 16.1. The minimum atomic E-state index is -0.557. The average Bonchev–Trinajstić information content (AvgIpc) is 3.43. The summed E-state index contributed by atoms with van der Waals surface area (Å²) in [6.07, 6.45) is 6.86. The molecule has 3 aromatic rings. The largest absolute Gasteiger partial charge is 0.352 e. The average molecular weight is 469 g/mol. The first kappa shape index (κ1) is 25.0. The smallest absolute Gasteiger partial charge is 0.271 e. The third-order valence-corrected chi connectivity index (χ3v) is 6.84. The van der Waals surface area contributed by atoms with Gasteiger partial charge in [0.2, 0.25) is 5.91 Å². The Kier molecular flexibility index (Phi) is 9.06. The monoisotopic (exact) mass is 468 g/mol. The molecule has 0 aliphatic carbocycles. The summed E-state index contributed by atoms with van der Waals surface area (Å²) >= 11 is 1.62. The second kappa shape index (κ2) is 12.0. The van der Waals surface area contributed by atoms with Gasteiger partial charge in [0.05, 0.1) is 29.0 Å². The Morgan fingerprint density at radius 2 is 2.03 bits per heavy atom. The highest BCUT2D eigenvalue weighted by Crippen LogP contribution is 2.31. The molecule has 1 N–H and O–H groups in total. The lowest BCUT2D eigenvalue weighted by molar-refractivity contribution is -0.127. The molecule has 178 valence electrons. The fourth-order valence-electron chi connectivity index (χ4n) is 4.37. The zero-order valence-electron chi connectivity index (χ0n) is 20.2. The number of unbranched alkanes of at least 4 members (excludes halogenated alkanes) is 1. The van der Waals surface area contributed by atoms with E-state index in [2.05, 4.69) is 24.1 Å². The molecule has 0 saturated carbocycles. The fourth-order valence-corrected chi connectivity index (χ4v) is 5.19. The number of amides is 2. The Morgan fingerprint density at radius 3 is 2.73 bits per heavy atom. The van der Waals surface area contributed by atoms with E-state index in [1.165, 1.54) is 0 Å². The zero-order chi connectivity index (χ0) is 23.8. The third-order valence-electron chi connectivity index (χ3n) is 5.99. The van der Waals surface area contributed by atoms with Gasteiger partial charge >= 0.3 is 0 Å². The van der Waals surface area contributed by atoms with Gasteiger partial charge in [-0.3, -0.25) is 14.6 Å². The van der Waals surface area contributed by atoms with E-state index in [4.69, 9.17) is 0 Å². The number of hydrogen-bond acceptors (Lipinski definition) is 4. The van der Waals surface area contributed by atoms with E-state index < -0.39 is 6.04 Å². The summed E-state index contributed by atoms with van der Waals surface area (Å²) in [4.78, 5) is 33.0. The number of pyridine rings is 1. The van der Waals surface area contributed by atoms with Gasteiger partial charge in [-0.2, -0.15) is 0 Å². The van der Waals surface area contributed by atoms with E-state index in [9.17, 15) is 9.59 Å². The molecular weight excluding hydrogens is 432 g/mol. The lowest BCUT2D eigenvalue weighted by Gasteiger charge is -2.36. The van der Waals surface area contributed by atoms with Gasteiger partial charge in [0, 0.05) is 12.2 Å². The lowest BCUT2D eigenvalue weighted by Crippen LogP contribution is -2.56. The quantitative estimate of drug-likeness (QED) is 0.443. The van der Waals surface area contributed by atoms with Crippen LogP contribution in [-0.2, 0) is 17.9 Å². The van der Waals surface area contributed by atoms with Crippen LogP contribution in [0, 0.1) is 0 Å². The van der Waals surface area contributed by atoms with Crippen molar-refractivity contribution in [3.8, 4) is 0 Å². The number of aromatic nitrogens is 2. The van der Waals surface area contributed by atoms with Gasteiger partial charge in [-0.25, -0.2) is 0 Å². The molecule has 7 heteroatoms. The van der Waals surface area contributed by atoms with Crippen LogP contribution in [0.4, 0.5) is 0 Å². The molecule has 0 radical (unpaired) electrons. The van der Waals surface area contributed by atoms with Crippen LogP contribution in [0.15, 0.2) is 41.9 Å². The molecule has 0 aromatic carbocycles. The highest BCUT2D eigenvalue weighted by molar-refractivity contribution is 7.17. The minimum absolute atomic E-state index is 0.0680. The van der Waals surface area contributed by atoms with E-state index in [1.807, 2.05) is 54.1 Å². The van der Waals surface area contributed by atoms with Crippen molar-refractivity contribution in [1.82, 2.24) is 19.8 Å². The molecule has 33 heavy (non-hydrogen) atoms. The first-order valence-electron chi connectivity index (χ1n) is 12.2. The van der Waals surface area contributed by atoms with Crippen molar-refractivity contribution in [1.29, 1.82) is 0 Å². The number of thiophene rings is 1. The Balaban J connectivity index is 0.00000149. The molecule has 1 aliphatic heterocycles. The molecule has 2 unspecified atom stereocenters. The molecule has 0 bridgehead atoms. The summed E-state index contributed by atoms with van der Waals surface area (Å²) in [6, 6.07) is 9.23. The van der Waals surface area contributed by atoms with Crippen molar-refractivity contribution < 1.29 is 9.59 Å². The van der Waals surface area contributed by atoms with E-state index in [0.717, 1.165) is 48.0 Å². The molecule has 3 aromatic heterocycles. The van der Waals surface area contributed by atoms with Gasteiger partial charge in [-0.05, 0) is 42.5 Å². The highest BCUT2D eigenvalue weighted by Gasteiger charge is 2.38. The summed E-state index contributed by atoms with van der Waals surface area (Å²) in [5.41, 5.74) is 2.46. The van der Waals surface area contributed by atoms with E-state index in [0.29, 0.717) is 18.8 Å². The zero-order valence-corrected chi connectivity index (χ0v) is 21.0. The molecule has 6 nitrogen and oxygen atoms in total. The van der Waals surface area contributed by atoms with Crippen LogP contribution in [-0.4, -0.2) is 38.3 Å². The van der Waals surface area contributed by atoms with Crippen LogP contribution >= 0.6 is 11.3 Å². The summed E-state index contributed by atoms with van der Waals surface area (Å²) in [6.45, 7) is 9.09. The Morgan fingerprint density at radius 1 is 1.21 bits per heavy atom. The molecule has 2 atom stereocenters. The maximum atomic E-state index is 13.5. The van der Waals surface area contributed by atoms with Crippen LogP contribution in [0.3, 0.4) is 0 Å². The summed E-state index contributed by atoms with van der Waals surface area (Å²) < 4.78 is 3.09. The second-order valence-electron chi connectivity index (χ2n) is 8.22. The van der Waals surface area contributed by atoms with Crippen LogP contribution < -0.4 is 5.32 Å².